The fraction of sp³-hybridized carbons (Fsp3) is 0.421. The maximum atomic E-state index is 13.4. The lowest BCUT2D eigenvalue weighted by Crippen LogP contribution is -2.44. The summed E-state index contributed by atoms with van der Waals surface area (Å²) in [5.74, 6) is 0.309. The molecule has 0 bridgehead atoms. The lowest BCUT2D eigenvalue weighted by molar-refractivity contribution is -0.137. The predicted molar refractivity (Wildman–Crippen MR) is 95.1 cm³/mol. The fourth-order valence-corrected chi connectivity index (χ4v) is 4.93. The van der Waals surface area contributed by atoms with E-state index in [4.69, 9.17) is 11.6 Å². The van der Waals surface area contributed by atoms with E-state index in [1.165, 1.54) is 10.4 Å². The van der Waals surface area contributed by atoms with Gasteiger partial charge in [-0.25, -0.2) is 0 Å². The molecule has 1 fully saturated rings. The Balaban J connectivity index is 1.65. The zero-order valence-corrected chi connectivity index (χ0v) is 14.8. The molecule has 2 aliphatic rings. The van der Waals surface area contributed by atoms with Gasteiger partial charge in [0.05, 0.1) is 11.5 Å². The Labute approximate surface area is 146 Å². The third-order valence-electron chi connectivity index (χ3n) is 5.30. The van der Waals surface area contributed by atoms with Crippen LogP contribution in [0.5, 0.6) is 0 Å². The highest BCUT2D eigenvalue weighted by atomic mass is 35.5. The van der Waals surface area contributed by atoms with Gasteiger partial charge in [-0.15, -0.1) is 11.3 Å². The summed E-state index contributed by atoms with van der Waals surface area (Å²) in [6.07, 6.45) is 3.88. The van der Waals surface area contributed by atoms with Gasteiger partial charge in [0.1, 0.15) is 0 Å². The van der Waals surface area contributed by atoms with Crippen LogP contribution in [0.15, 0.2) is 35.7 Å². The van der Waals surface area contributed by atoms with Crippen molar-refractivity contribution in [3.63, 3.8) is 0 Å². The molecule has 0 saturated heterocycles. The van der Waals surface area contributed by atoms with Crippen molar-refractivity contribution in [1.82, 2.24) is 4.90 Å². The number of nitrogens with zero attached hydrogens (tertiary/aromatic N) is 1. The molecular formula is C19H20ClNOS. The van der Waals surface area contributed by atoms with Crippen molar-refractivity contribution in [2.45, 2.75) is 44.1 Å². The van der Waals surface area contributed by atoms with Gasteiger partial charge in [0.25, 0.3) is 0 Å². The molecule has 1 aliphatic heterocycles. The number of thiophene rings is 1. The summed E-state index contributed by atoms with van der Waals surface area (Å²) in [4.78, 5) is 17.0. The van der Waals surface area contributed by atoms with Gasteiger partial charge in [0.15, 0.2) is 0 Å². The summed E-state index contributed by atoms with van der Waals surface area (Å²) in [6.45, 7) is 3.03. The van der Waals surface area contributed by atoms with Gasteiger partial charge in [-0.3, -0.25) is 4.79 Å². The van der Waals surface area contributed by atoms with E-state index in [2.05, 4.69) is 23.3 Å². The van der Waals surface area contributed by atoms with Gasteiger partial charge in [0, 0.05) is 16.4 Å². The predicted octanol–water partition coefficient (Wildman–Crippen LogP) is 4.97. The molecule has 1 aromatic heterocycles. The molecule has 4 heteroatoms. The Morgan fingerprint density at radius 1 is 1.30 bits per heavy atom. The van der Waals surface area contributed by atoms with Crippen LogP contribution in [0.4, 0.5) is 0 Å². The van der Waals surface area contributed by atoms with E-state index in [1.807, 2.05) is 35.6 Å². The lowest BCUT2D eigenvalue weighted by atomic mass is 9.90. The molecule has 0 spiro atoms. The smallest absolute Gasteiger partial charge is 0.233 e. The first kappa shape index (κ1) is 15.2. The lowest BCUT2D eigenvalue weighted by Gasteiger charge is -2.38. The summed E-state index contributed by atoms with van der Waals surface area (Å²) in [5.41, 5.74) is 2.19. The SMILES string of the molecule is CCC1c2ccsc2CCN1C(=O)C1(c2ccc(Cl)cc2)CC1. The summed E-state index contributed by atoms with van der Waals surface area (Å²) >= 11 is 7.83. The molecule has 2 nitrogen and oxygen atoms in total. The van der Waals surface area contributed by atoms with Crippen LogP contribution in [0.3, 0.4) is 0 Å². The van der Waals surface area contributed by atoms with Crippen LogP contribution in [0.1, 0.15) is 48.2 Å². The largest absolute Gasteiger partial charge is 0.334 e. The van der Waals surface area contributed by atoms with Crippen LogP contribution in [0.2, 0.25) is 5.02 Å². The van der Waals surface area contributed by atoms with Gasteiger partial charge in [-0.2, -0.15) is 0 Å². The number of hydrogen-bond acceptors (Lipinski definition) is 2. The fourth-order valence-electron chi connectivity index (χ4n) is 3.87. The number of amides is 1. The van der Waals surface area contributed by atoms with Crippen molar-refractivity contribution >= 4 is 28.8 Å². The molecule has 0 radical (unpaired) electrons. The highest BCUT2D eigenvalue weighted by Crippen LogP contribution is 2.51. The number of halogens is 1. The molecule has 1 aliphatic carbocycles. The number of carbonyl (C=O) groups is 1. The number of rotatable bonds is 3. The van der Waals surface area contributed by atoms with Crippen molar-refractivity contribution in [2.24, 2.45) is 0 Å². The maximum absolute atomic E-state index is 13.4. The van der Waals surface area contributed by atoms with E-state index in [1.54, 1.807) is 0 Å². The van der Waals surface area contributed by atoms with Crippen molar-refractivity contribution < 1.29 is 4.79 Å². The second-order valence-electron chi connectivity index (χ2n) is 6.56. The first-order valence-corrected chi connectivity index (χ1v) is 9.55. The number of carbonyl (C=O) groups excluding carboxylic acids is 1. The Kier molecular flexibility index (Phi) is 3.73. The molecular weight excluding hydrogens is 326 g/mol. The summed E-state index contributed by atoms with van der Waals surface area (Å²) in [5, 5.41) is 2.89. The minimum Gasteiger partial charge on any atom is -0.334 e. The molecule has 1 unspecified atom stereocenters. The normalized spacial score (nSPS) is 21.8. The van der Waals surface area contributed by atoms with Crippen LogP contribution in [-0.2, 0) is 16.6 Å². The highest BCUT2D eigenvalue weighted by molar-refractivity contribution is 7.10. The van der Waals surface area contributed by atoms with Crippen molar-refractivity contribution in [2.75, 3.05) is 6.54 Å². The van der Waals surface area contributed by atoms with Crippen LogP contribution >= 0.6 is 22.9 Å². The Hall–Kier alpha value is -1.32. The zero-order valence-electron chi connectivity index (χ0n) is 13.2. The third kappa shape index (κ3) is 2.41. The van der Waals surface area contributed by atoms with Crippen LogP contribution in [0, 0.1) is 0 Å². The Bertz CT molecular complexity index is 732. The highest BCUT2D eigenvalue weighted by Gasteiger charge is 2.54. The number of benzene rings is 1. The molecule has 2 aromatic rings. The standard InChI is InChI=1S/C19H20ClNOS/c1-2-16-15-8-12-23-17(15)7-11-21(16)18(22)19(9-10-19)13-3-5-14(20)6-4-13/h3-6,8,12,16H,2,7,9-11H2,1H3. The number of fused-ring (bicyclic) bond motifs is 1. The molecule has 1 atom stereocenters. The average Bonchev–Trinajstić information content (AvgIpc) is 3.24. The molecule has 2 heterocycles. The quantitative estimate of drug-likeness (QED) is 0.769. The Morgan fingerprint density at radius 2 is 2.04 bits per heavy atom. The molecule has 1 aromatic carbocycles. The Morgan fingerprint density at radius 3 is 2.70 bits per heavy atom. The van der Waals surface area contributed by atoms with Gasteiger partial charge >= 0.3 is 0 Å². The van der Waals surface area contributed by atoms with E-state index in [-0.39, 0.29) is 11.5 Å². The second kappa shape index (κ2) is 5.64. The molecule has 1 amide bonds. The minimum atomic E-state index is -0.300. The van der Waals surface area contributed by atoms with E-state index in [0.29, 0.717) is 5.91 Å². The summed E-state index contributed by atoms with van der Waals surface area (Å²) in [6, 6.07) is 10.3. The van der Waals surface area contributed by atoms with Crippen molar-refractivity contribution in [3.8, 4) is 0 Å². The second-order valence-corrected chi connectivity index (χ2v) is 8.00. The van der Waals surface area contributed by atoms with E-state index >= 15 is 0 Å². The van der Waals surface area contributed by atoms with E-state index < -0.39 is 0 Å². The zero-order chi connectivity index (χ0) is 16.0. The molecule has 23 heavy (non-hydrogen) atoms. The van der Waals surface area contributed by atoms with Gasteiger partial charge < -0.3 is 4.90 Å². The average molecular weight is 346 g/mol. The number of hydrogen-bond donors (Lipinski definition) is 0. The van der Waals surface area contributed by atoms with Crippen molar-refractivity contribution in [1.29, 1.82) is 0 Å². The van der Waals surface area contributed by atoms with Crippen LogP contribution in [-0.4, -0.2) is 17.4 Å². The van der Waals surface area contributed by atoms with Crippen LogP contribution < -0.4 is 0 Å². The van der Waals surface area contributed by atoms with Crippen molar-refractivity contribution in [3.05, 3.63) is 56.7 Å². The van der Waals surface area contributed by atoms with Gasteiger partial charge in [0.2, 0.25) is 5.91 Å². The van der Waals surface area contributed by atoms with E-state index in [0.717, 1.165) is 42.8 Å². The summed E-state index contributed by atoms with van der Waals surface area (Å²) in [7, 11) is 0. The first-order chi connectivity index (χ1) is 11.2. The molecule has 0 N–H and O–H groups in total. The minimum absolute atomic E-state index is 0.238. The van der Waals surface area contributed by atoms with Crippen LogP contribution in [0.25, 0.3) is 0 Å². The van der Waals surface area contributed by atoms with Gasteiger partial charge in [-0.05, 0) is 60.4 Å². The molecule has 4 rings (SSSR count). The third-order valence-corrected chi connectivity index (χ3v) is 6.55. The monoisotopic (exact) mass is 345 g/mol. The van der Waals surface area contributed by atoms with E-state index in [9.17, 15) is 4.79 Å². The maximum Gasteiger partial charge on any atom is 0.233 e. The molecule has 1 saturated carbocycles. The van der Waals surface area contributed by atoms with Gasteiger partial charge in [-0.1, -0.05) is 30.7 Å². The molecule has 120 valence electrons. The first-order valence-electron chi connectivity index (χ1n) is 8.29. The topological polar surface area (TPSA) is 20.3 Å². The summed E-state index contributed by atoms with van der Waals surface area (Å²) < 4.78 is 0.